The zero-order chi connectivity index (χ0) is 14.4. The summed E-state index contributed by atoms with van der Waals surface area (Å²) in [7, 11) is 0. The number of hydrogen-bond acceptors (Lipinski definition) is 5. The first-order chi connectivity index (χ1) is 8.95. The van der Waals surface area contributed by atoms with Crippen molar-refractivity contribution in [3.05, 3.63) is 5.56 Å². The van der Waals surface area contributed by atoms with Crippen LogP contribution in [-0.2, 0) is 0 Å². The van der Waals surface area contributed by atoms with Crippen molar-refractivity contribution in [1.29, 1.82) is 0 Å². The SMILES string of the molecule is CCCCC(C)Nc1snc(N)c1C(=O)NC(C)C. The molecule has 0 fully saturated rings. The maximum Gasteiger partial charge on any atom is 0.258 e. The first-order valence-electron chi connectivity index (χ1n) is 6.78. The van der Waals surface area contributed by atoms with Crippen molar-refractivity contribution in [3.8, 4) is 0 Å². The summed E-state index contributed by atoms with van der Waals surface area (Å²) in [6, 6.07) is 0.391. The third-order valence-electron chi connectivity index (χ3n) is 2.73. The number of nitrogens with two attached hydrogens (primary N) is 1. The molecule has 0 aliphatic heterocycles. The van der Waals surface area contributed by atoms with Gasteiger partial charge >= 0.3 is 0 Å². The van der Waals surface area contributed by atoms with E-state index in [9.17, 15) is 4.79 Å². The minimum absolute atomic E-state index is 0.0807. The Hall–Kier alpha value is -1.30. The molecule has 1 amide bonds. The van der Waals surface area contributed by atoms with Crippen molar-refractivity contribution in [1.82, 2.24) is 9.69 Å². The Bertz CT molecular complexity index is 417. The van der Waals surface area contributed by atoms with Crippen LogP contribution in [0.2, 0.25) is 0 Å². The lowest BCUT2D eigenvalue weighted by molar-refractivity contribution is 0.0945. The first kappa shape index (κ1) is 15.8. The Labute approximate surface area is 119 Å². The fourth-order valence-corrected chi connectivity index (χ4v) is 2.58. The van der Waals surface area contributed by atoms with E-state index >= 15 is 0 Å². The van der Waals surface area contributed by atoms with Crippen LogP contribution < -0.4 is 16.4 Å². The molecule has 1 aromatic rings. The molecule has 6 heteroatoms. The highest BCUT2D eigenvalue weighted by Gasteiger charge is 2.20. The molecule has 0 spiro atoms. The van der Waals surface area contributed by atoms with Crippen molar-refractivity contribution in [2.24, 2.45) is 0 Å². The van der Waals surface area contributed by atoms with Gasteiger partial charge in [0.05, 0.1) is 0 Å². The summed E-state index contributed by atoms with van der Waals surface area (Å²) in [5.41, 5.74) is 6.27. The summed E-state index contributed by atoms with van der Waals surface area (Å²) >= 11 is 1.25. The highest BCUT2D eigenvalue weighted by Crippen LogP contribution is 2.28. The van der Waals surface area contributed by atoms with Crippen LogP contribution in [0.4, 0.5) is 10.8 Å². The van der Waals surface area contributed by atoms with Gasteiger partial charge in [-0.1, -0.05) is 19.8 Å². The second kappa shape index (κ2) is 7.33. The average Bonchev–Trinajstić information content (AvgIpc) is 2.67. The third kappa shape index (κ3) is 4.70. The lowest BCUT2D eigenvalue weighted by Crippen LogP contribution is -2.31. The molecule has 1 unspecified atom stereocenters. The van der Waals surface area contributed by atoms with Crippen LogP contribution in [0.1, 0.15) is 57.3 Å². The Morgan fingerprint density at radius 3 is 2.68 bits per heavy atom. The number of carbonyl (C=O) groups excluding carboxylic acids is 1. The van der Waals surface area contributed by atoms with Crippen molar-refractivity contribution < 1.29 is 4.79 Å². The highest BCUT2D eigenvalue weighted by atomic mass is 32.1. The summed E-state index contributed by atoms with van der Waals surface area (Å²) in [6.45, 7) is 8.12. The molecular weight excluding hydrogens is 260 g/mol. The topological polar surface area (TPSA) is 80.0 Å². The molecule has 0 bridgehead atoms. The molecule has 0 saturated heterocycles. The highest BCUT2D eigenvalue weighted by molar-refractivity contribution is 7.11. The molecule has 1 rings (SSSR count). The van der Waals surface area contributed by atoms with Gasteiger partial charge in [0.2, 0.25) is 0 Å². The molecule has 1 aromatic heterocycles. The van der Waals surface area contributed by atoms with Gasteiger partial charge in [0.25, 0.3) is 5.91 Å². The molecule has 0 saturated carbocycles. The second-order valence-corrected chi connectivity index (χ2v) is 5.86. The number of unbranched alkanes of at least 4 members (excludes halogenated alkanes) is 1. The van der Waals surface area contributed by atoms with Crippen LogP contribution in [-0.4, -0.2) is 22.4 Å². The lowest BCUT2D eigenvalue weighted by Gasteiger charge is -2.15. The summed E-state index contributed by atoms with van der Waals surface area (Å²) in [5.74, 6) is 0.139. The van der Waals surface area contributed by atoms with Gasteiger partial charge in [-0.15, -0.1) is 0 Å². The van der Waals surface area contributed by atoms with Crippen LogP contribution in [0.5, 0.6) is 0 Å². The maximum atomic E-state index is 12.1. The van der Waals surface area contributed by atoms with Gasteiger partial charge < -0.3 is 16.4 Å². The van der Waals surface area contributed by atoms with Gasteiger partial charge in [0.1, 0.15) is 10.6 Å². The monoisotopic (exact) mass is 284 g/mol. The number of nitrogen functional groups attached to an aromatic ring is 1. The molecule has 1 atom stereocenters. The summed E-state index contributed by atoms with van der Waals surface area (Å²) in [5, 5.41) is 6.95. The van der Waals surface area contributed by atoms with E-state index in [0.717, 1.165) is 24.3 Å². The van der Waals surface area contributed by atoms with E-state index in [1.165, 1.54) is 11.5 Å². The Morgan fingerprint density at radius 2 is 2.11 bits per heavy atom. The van der Waals surface area contributed by atoms with E-state index in [-0.39, 0.29) is 11.9 Å². The minimum Gasteiger partial charge on any atom is -0.382 e. The second-order valence-electron chi connectivity index (χ2n) is 5.09. The number of nitrogens with one attached hydrogen (secondary N) is 2. The fraction of sp³-hybridized carbons (Fsp3) is 0.692. The minimum atomic E-state index is -0.161. The standard InChI is InChI=1S/C13H24N4OS/c1-5-6-7-9(4)16-13-10(11(14)17-19-13)12(18)15-8(2)3/h8-9,16H,5-7H2,1-4H3,(H2,14,17)(H,15,18). The summed E-state index contributed by atoms with van der Waals surface area (Å²) in [4.78, 5) is 12.1. The van der Waals surface area contributed by atoms with Crippen LogP contribution in [0.3, 0.4) is 0 Å². The molecule has 0 aliphatic carbocycles. The lowest BCUT2D eigenvalue weighted by atomic mass is 10.1. The molecule has 0 aliphatic rings. The van der Waals surface area contributed by atoms with Crippen molar-refractivity contribution >= 4 is 28.3 Å². The molecular formula is C13H24N4OS. The number of nitrogens with zero attached hydrogens (tertiary/aromatic N) is 1. The number of amides is 1. The van der Waals surface area contributed by atoms with Gasteiger partial charge in [-0.2, -0.15) is 4.37 Å². The zero-order valence-electron chi connectivity index (χ0n) is 12.1. The van der Waals surface area contributed by atoms with E-state index < -0.39 is 0 Å². The largest absolute Gasteiger partial charge is 0.382 e. The number of anilines is 2. The van der Waals surface area contributed by atoms with E-state index in [2.05, 4.69) is 28.9 Å². The number of rotatable bonds is 7. The average molecular weight is 284 g/mol. The number of carbonyl (C=O) groups is 1. The molecule has 0 aromatic carbocycles. The predicted molar refractivity (Wildman–Crippen MR) is 81.7 cm³/mol. The number of aromatic nitrogens is 1. The van der Waals surface area contributed by atoms with E-state index in [1.807, 2.05) is 13.8 Å². The summed E-state index contributed by atoms with van der Waals surface area (Å²) < 4.78 is 4.07. The molecule has 5 nitrogen and oxygen atoms in total. The van der Waals surface area contributed by atoms with Gasteiger partial charge in [0, 0.05) is 12.1 Å². The quantitative estimate of drug-likeness (QED) is 0.719. The van der Waals surface area contributed by atoms with Crippen LogP contribution in [0.15, 0.2) is 0 Å². The Balaban J connectivity index is 2.76. The number of hydrogen-bond donors (Lipinski definition) is 3. The van der Waals surface area contributed by atoms with E-state index in [0.29, 0.717) is 17.4 Å². The van der Waals surface area contributed by atoms with Crippen LogP contribution in [0, 0.1) is 0 Å². The van der Waals surface area contributed by atoms with Gasteiger partial charge in [-0.25, -0.2) is 0 Å². The Kier molecular flexibility index (Phi) is 6.08. The predicted octanol–water partition coefficient (Wildman–Crippen LogP) is 2.85. The van der Waals surface area contributed by atoms with Crippen LogP contribution >= 0.6 is 11.5 Å². The van der Waals surface area contributed by atoms with E-state index in [1.54, 1.807) is 0 Å². The molecule has 0 radical (unpaired) electrons. The van der Waals surface area contributed by atoms with Crippen LogP contribution in [0.25, 0.3) is 0 Å². The van der Waals surface area contributed by atoms with E-state index in [4.69, 9.17) is 5.73 Å². The zero-order valence-corrected chi connectivity index (χ0v) is 12.9. The van der Waals surface area contributed by atoms with Gasteiger partial charge in [-0.05, 0) is 38.7 Å². The van der Waals surface area contributed by atoms with Crippen molar-refractivity contribution in [2.45, 2.75) is 59.0 Å². The van der Waals surface area contributed by atoms with Crippen molar-refractivity contribution in [2.75, 3.05) is 11.1 Å². The van der Waals surface area contributed by atoms with Gasteiger partial charge in [0.15, 0.2) is 5.82 Å². The first-order valence-corrected chi connectivity index (χ1v) is 7.55. The molecule has 1 heterocycles. The fourth-order valence-electron chi connectivity index (χ4n) is 1.76. The molecule has 19 heavy (non-hydrogen) atoms. The molecule has 108 valence electrons. The van der Waals surface area contributed by atoms with Gasteiger partial charge in [-0.3, -0.25) is 4.79 Å². The van der Waals surface area contributed by atoms with Crippen molar-refractivity contribution in [3.63, 3.8) is 0 Å². The Morgan fingerprint density at radius 1 is 1.42 bits per heavy atom. The normalized spacial score (nSPS) is 12.5. The summed E-state index contributed by atoms with van der Waals surface area (Å²) in [6.07, 6.45) is 3.40. The smallest absolute Gasteiger partial charge is 0.258 e. The maximum absolute atomic E-state index is 12.1. The third-order valence-corrected chi connectivity index (χ3v) is 3.53. The molecule has 4 N–H and O–H groups in total.